The molecule has 3 unspecified atom stereocenters. The molecule has 3 N–H and O–H groups in total. The van der Waals surface area contributed by atoms with Gasteiger partial charge in [-0.2, -0.15) is 0 Å². The molecule has 0 aromatic heterocycles. The van der Waals surface area contributed by atoms with Crippen LogP contribution in [0.3, 0.4) is 0 Å². The number of carboxylic acid groups (broad SMARTS) is 1. The number of hydrogen-bond acceptors (Lipinski definition) is 4. The topological polar surface area (TPSA) is 78.0 Å². The summed E-state index contributed by atoms with van der Waals surface area (Å²) in [5, 5.41) is 18.9. The lowest BCUT2D eigenvalue weighted by molar-refractivity contribution is -0.501. The van der Waals surface area contributed by atoms with Gasteiger partial charge in [-0.25, -0.2) is 9.79 Å². The molecule has 1 aliphatic carbocycles. The molecule has 1 rings (SSSR count). The van der Waals surface area contributed by atoms with E-state index in [4.69, 9.17) is 0 Å². The molecule has 1 aliphatic rings. The lowest BCUT2D eigenvalue weighted by Gasteiger charge is -2.20. The number of rotatable bonds is 9. The first-order chi connectivity index (χ1) is 9.92. The highest BCUT2D eigenvalue weighted by atomic mass is 16.4. The van der Waals surface area contributed by atoms with E-state index < -0.39 is 18.1 Å². The van der Waals surface area contributed by atoms with Crippen LogP contribution in [0, 0.1) is 0 Å². The summed E-state index contributed by atoms with van der Waals surface area (Å²) in [6.07, 6.45) is -0.926. The zero-order valence-corrected chi connectivity index (χ0v) is 13.8. The van der Waals surface area contributed by atoms with Crippen LogP contribution in [0.25, 0.3) is 0 Å². The van der Waals surface area contributed by atoms with Crippen LogP contribution in [-0.2, 0) is 4.79 Å². The van der Waals surface area contributed by atoms with Crippen molar-refractivity contribution in [1.82, 2.24) is 9.80 Å². The third kappa shape index (κ3) is 4.02. The zero-order valence-electron chi connectivity index (χ0n) is 13.8. The molecule has 6 nitrogen and oxygen atoms in total. The van der Waals surface area contributed by atoms with Crippen molar-refractivity contribution in [3.8, 4) is 0 Å². The van der Waals surface area contributed by atoms with E-state index in [0.717, 1.165) is 31.9 Å². The van der Waals surface area contributed by atoms with Crippen molar-refractivity contribution in [3.63, 3.8) is 0 Å². The van der Waals surface area contributed by atoms with Crippen molar-refractivity contribution in [2.75, 3.05) is 26.2 Å². The molecule has 1 saturated carbocycles. The van der Waals surface area contributed by atoms with Crippen LogP contribution in [-0.4, -0.2) is 82.1 Å². The van der Waals surface area contributed by atoms with Gasteiger partial charge in [0.25, 0.3) is 6.04 Å². The zero-order chi connectivity index (χ0) is 16.2. The van der Waals surface area contributed by atoms with Gasteiger partial charge in [-0.3, -0.25) is 9.80 Å². The number of aliphatic hydroxyl groups is 1. The van der Waals surface area contributed by atoms with Gasteiger partial charge in [-0.15, -0.1) is 0 Å². The van der Waals surface area contributed by atoms with Gasteiger partial charge in [0.15, 0.2) is 5.71 Å². The molecule has 1 fully saturated rings. The number of carbonyl (C=O) groups is 1. The lowest BCUT2D eigenvalue weighted by atomic mass is 10.2. The molecule has 0 spiro atoms. The van der Waals surface area contributed by atoms with Crippen LogP contribution < -0.4 is 4.99 Å². The van der Waals surface area contributed by atoms with E-state index in [2.05, 4.69) is 42.5 Å². The Labute approximate surface area is 127 Å². The highest BCUT2D eigenvalue weighted by Gasteiger charge is 2.58. The second-order valence-electron chi connectivity index (χ2n) is 5.49. The standard InChI is InChI=1S/C15H29N3O3/c1-6-17(7-2)13-12(14(13)18(8-3)9-4)16-11(10(5)19)15(20)21/h10-11,13-14,19H,6-9H2,1-5H3,(H,20,21)/p+1/t10-,11?,13?,14?/m0/s1. The number of likely N-dealkylation sites (N-methyl/N-ethyl adjacent to an activating group) is 2. The molecule has 0 aromatic rings. The molecular weight excluding hydrogens is 270 g/mol. The monoisotopic (exact) mass is 300 g/mol. The van der Waals surface area contributed by atoms with E-state index >= 15 is 0 Å². The summed E-state index contributed by atoms with van der Waals surface area (Å²) in [5.74, 6) is -1.01. The van der Waals surface area contributed by atoms with E-state index in [-0.39, 0.29) is 12.1 Å². The minimum atomic E-state index is -1.01. The van der Waals surface area contributed by atoms with Crippen LogP contribution in [0.1, 0.15) is 34.6 Å². The fraction of sp³-hybridized carbons (Fsp3) is 0.867. The maximum Gasteiger partial charge on any atom is 0.375 e. The second-order valence-corrected chi connectivity index (χ2v) is 5.49. The summed E-state index contributed by atoms with van der Waals surface area (Å²) in [5.41, 5.74) is 1.02. The SMILES string of the molecule is CCN(CC)C1C(=[NH+]C(C(=O)O)[C@H](C)O)C1N(CC)CC. The first-order valence-corrected chi connectivity index (χ1v) is 7.94. The Hall–Kier alpha value is -0.980. The molecule has 0 amide bonds. The number of aliphatic hydroxyl groups excluding tert-OH is 1. The summed E-state index contributed by atoms with van der Waals surface area (Å²) in [6, 6.07) is -0.473. The Balaban J connectivity index is 3.03. The summed E-state index contributed by atoms with van der Waals surface area (Å²) in [6.45, 7) is 13.7. The first-order valence-electron chi connectivity index (χ1n) is 7.94. The number of hydrogen-bond donors (Lipinski definition) is 3. The maximum atomic E-state index is 11.3. The van der Waals surface area contributed by atoms with Gasteiger partial charge >= 0.3 is 5.97 Å². The molecule has 0 saturated heterocycles. The van der Waals surface area contributed by atoms with Crippen LogP contribution in [0.5, 0.6) is 0 Å². The summed E-state index contributed by atoms with van der Waals surface area (Å²) in [7, 11) is 0. The largest absolute Gasteiger partial charge is 0.476 e. The second kappa shape index (κ2) is 7.87. The fourth-order valence-electron chi connectivity index (χ4n) is 3.00. The molecule has 0 heterocycles. The average molecular weight is 300 g/mol. The van der Waals surface area contributed by atoms with Gasteiger partial charge in [0, 0.05) is 0 Å². The van der Waals surface area contributed by atoms with Crippen molar-refractivity contribution < 1.29 is 20.0 Å². The van der Waals surface area contributed by atoms with Crippen LogP contribution in [0.15, 0.2) is 0 Å². The summed E-state index contributed by atoms with van der Waals surface area (Å²) >= 11 is 0. The smallest absolute Gasteiger partial charge is 0.375 e. The number of aliphatic carboxylic acids is 1. The predicted octanol–water partition coefficient (Wildman–Crippen LogP) is -1.22. The fourth-order valence-corrected chi connectivity index (χ4v) is 3.00. The van der Waals surface area contributed by atoms with Gasteiger partial charge in [-0.05, 0) is 33.1 Å². The highest BCUT2D eigenvalue weighted by Crippen LogP contribution is 2.27. The Morgan fingerprint density at radius 3 is 1.71 bits per heavy atom. The third-order valence-corrected chi connectivity index (χ3v) is 4.31. The van der Waals surface area contributed by atoms with E-state index in [9.17, 15) is 15.0 Å². The Morgan fingerprint density at radius 1 is 1.10 bits per heavy atom. The van der Waals surface area contributed by atoms with Crippen LogP contribution >= 0.6 is 0 Å². The van der Waals surface area contributed by atoms with Gasteiger partial charge in [0.05, 0.1) is 0 Å². The van der Waals surface area contributed by atoms with E-state index in [1.165, 1.54) is 6.92 Å². The molecular formula is C15H30N3O3+. The van der Waals surface area contributed by atoms with E-state index in [0.29, 0.717) is 0 Å². The van der Waals surface area contributed by atoms with Crippen molar-refractivity contribution in [2.24, 2.45) is 0 Å². The molecule has 0 aliphatic heterocycles. The molecule has 0 bridgehead atoms. The van der Waals surface area contributed by atoms with E-state index in [1.807, 2.05) is 0 Å². The molecule has 4 atom stereocenters. The normalized spacial score (nSPS) is 24.3. The molecule has 122 valence electrons. The first kappa shape index (κ1) is 18.1. The molecule has 0 radical (unpaired) electrons. The third-order valence-electron chi connectivity index (χ3n) is 4.31. The van der Waals surface area contributed by atoms with Crippen LogP contribution in [0.4, 0.5) is 0 Å². The van der Waals surface area contributed by atoms with Gasteiger partial charge in [0.2, 0.25) is 0 Å². The number of nitrogens with zero attached hydrogens (tertiary/aromatic N) is 2. The molecule has 21 heavy (non-hydrogen) atoms. The van der Waals surface area contributed by atoms with Gasteiger partial charge < -0.3 is 10.2 Å². The molecule has 0 aromatic carbocycles. The minimum absolute atomic E-state index is 0.237. The Morgan fingerprint density at radius 2 is 1.48 bits per heavy atom. The van der Waals surface area contributed by atoms with Crippen molar-refractivity contribution in [2.45, 2.75) is 58.8 Å². The lowest BCUT2D eigenvalue weighted by Crippen LogP contribution is -2.84. The number of nitrogens with one attached hydrogen (secondary N) is 1. The predicted molar refractivity (Wildman–Crippen MR) is 82.5 cm³/mol. The average Bonchev–Trinajstić information content (AvgIpc) is 3.12. The summed E-state index contributed by atoms with van der Waals surface area (Å²) < 4.78 is 0. The highest BCUT2D eigenvalue weighted by molar-refractivity contribution is 6.07. The van der Waals surface area contributed by atoms with Gasteiger partial charge in [-0.1, -0.05) is 27.7 Å². The van der Waals surface area contributed by atoms with Crippen molar-refractivity contribution in [3.05, 3.63) is 0 Å². The van der Waals surface area contributed by atoms with Gasteiger partial charge in [0.1, 0.15) is 18.2 Å². The summed E-state index contributed by atoms with van der Waals surface area (Å²) in [4.78, 5) is 19.0. The van der Waals surface area contributed by atoms with E-state index in [1.54, 1.807) is 0 Å². The maximum absolute atomic E-state index is 11.3. The van der Waals surface area contributed by atoms with Crippen molar-refractivity contribution in [1.29, 1.82) is 0 Å². The van der Waals surface area contributed by atoms with Crippen LogP contribution in [0.2, 0.25) is 0 Å². The van der Waals surface area contributed by atoms with Crippen molar-refractivity contribution >= 4 is 11.7 Å². The quantitative estimate of drug-likeness (QED) is 0.497. The molecule has 6 heteroatoms. The Bertz CT molecular complexity index is 356. The number of carboxylic acids is 1. The Kier molecular flexibility index (Phi) is 6.77. The minimum Gasteiger partial charge on any atom is -0.476 e.